The van der Waals surface area contributed by atoms with Crippen LogP contribution in [-0.4, -0.2) is 68.8 Å². The minimum atomic E-state index is -0.798. The molecule has 2 atom stereocenters. The highest BCUT2D eigenvalue weighted by Gasteiger charge is 2.38. The van der Waals surface area contributed by atoms with E-state index in [0.29, 0.717) is 36.3 Å². The molecule has 5 heterocycles. The Labute approximate surface area is 234 Å². The SMILES string of the molecule is C[C@H](CC(=O)Nc1sc(-c2cnn(C3COC3)c2)nc1Cl)C(=O)N[C@@H]1C(=O)N2CCCN2Cc2ccccc21. The molecule has 0 radical (unpaired) electrons. The molecule has 39 heavy (non-hydrogen) atoms. The molecule has 3 amide bonds. The van der Waals surface area contributed by atoms with Crippen molar-refractivity contribution in [3.05, 3.63) is 52.9 Å². The number of amides is 3. The van der Waals surface area contributed by atoms with Gasteiger partial charge < -0.3 is 15.4 Å². The Hall–Kier alpha value is -3.32. The molecule has 1 aromatic carbocycles. The second kappa shape index (κ2) is 10.7. The fourth-order valence-corrected chi connectivity index (χ4v) is 6.16. The average Bonchev–Trinajstić information content (AvgIpc) is 3.61. The third-order valence-electron chi connectivity index (χ3n) is 7.26. The number of carbonyl (C=O) groups is 3. The molecule has 2 saturated heterocycles. The lowest BCUT2D eigenvalue weighted by atomic mass is 9.98. The Bertz CT molecular complexity index is 1420. The van der Waals surface area contributed by atoms with Crippen LogP contribution >= 0.6 is 22.9 Å². The number of thiazole rings is 1. The predicted octanol–water partition coefficient (Wildman–Crippen LogP) is 3.02. The molecule has 0 saturated carbocycles. The number of fused-ring (bicyclic) bond motifs is 2. The predicted molar refractivity (Wildman–Crippen MR) is 145 cm³/mol. The van der Waals surface area contributed by atoms with Crippen LogP contribution < -0.4 is 10.6 Å². The summed E-state index contributed by atoms with van der Waals surface area (Å²) in [6.07, 6.45) is 4.41. The molecule has 2 N–H and O–H groups in total. The van der Waals surface area contributed by atoms with E-state index in [1.54, 1.807) is 18.1 Å². The highest BCUT2D eigenvalue weighted by atomic mass is 35.5. The van der Waals surface area contributed by atoms with Crippen LogP contribution in [0.1, 0.15) is 43.0 Å². The monoisotopic (exact) mass is 569 g/mol. The minimum absolute atomic E-state index is 0.0760. The Balaban J connectivity index is 1.10. The number of halogens is 1. The fraction of sp³-hybridized carbons (Fsp3) is 0.423. The smallest absolute Gasteiger partial charge is 0.264 e. The number of aromatic nitrogens is 3. The third kappa shape index (κ3) is 5.17. The van der Waals surface area contributed by atoms with Crippen molar-refractivity contribution in [1.29, 1.82) is 0 Å². The number of hydrogen-bond acceptors (Lipinski definition) is 8. The first-order chi connectivity index (χ1) is 18.9. The van der Waals surface area contributed by atoms with Gasteiger partial charge in [0.25, 0.3) is 5.91 Å². The first-order valence-electron chi connectivity index (χ1n) is 12.9. The van der Waals surface area contributed by atoms with E-state index < -0.39 is 12.0 Å². The van der Waals surface area contributed by atoms with E-state index in [9.17, 15) is 14.4 Å². The summed E-state index contributed by atoms with van der Waals surface area (Å²) >= 11 is 7.55. The Kier molecular flexibility index (Phi) is 7.10. The topological polar surface area (TPSA) is 122 Å². The molecular weight excluding hydrogens is 542 g/mol. The molecule has 3 aliphatic rings. The summed E-state index contributed by atoms with van der Waals surface area (Å²) in [6, 6.07) is 7.09. The lowest BCUT2D eigenvalue weighted by molar-refractivity contribution is -0.148. The van der Waals surface area contributed by atoms with Crippen molar-refractivity contribution < 1.29 is 19.1 Å². The maximum Gasteiger partial charge on any atom is 0.264 e. The summed E-state index contributed by atoms with van der Waals surface area (Å²) < 4.78 is 7.05. The summed E-state index contributed by atoms with van der Waals surface area (Å²) in [5.41, 5.74) is 2.60. The van der Waals surface area contributed by atoms with Crippen molar-refractivity contribution in [2.75, 3.05) is 31.6 Å². The number of rotatable bonds is 7. The number of ether oxygens (including phenoxy) is 1. The van der Waals surface area contributed by atoms with Crippen molar-refractivity contribution >= 4 is 45.7 Å². The number of nitrogens with zero attached hydrogens (tertiary/aromatic N) is 5. The summed E-state index contributed by atoms with van der Waals surface area (Å²) in [7, 11) is 0. The first-order valence-corrected chi connectivity index (χ1v) is 14.1. The van der Waals surface area contributed by atoms with Crippen molar-refractivity contribution in [2.24, 2.45) is 5.92 Å². The lowest BCUT2D eigenvalue weighted by Gasteiger charge is -2.28. The van der Waals surface area contributed by atoms with Crippen LogP contribution in [0, 0.1) is 5.92 Å². The minimum Gasteiger partial charge on any atom is -0.377 e. The fourth-order valence-electron chi connectivity index (χ4n) is 5.02. The van der Waals surface area contributed by atoms with Crippen molar-refractivity contribution in [2.45, 2.75) is 38.4 Å². The maximum atomic E-state index is 13.4. The molecule has 13 heteroatoms. The van der Waals surface area contributed by atoms with Crippen LogP contribution in [0.15, 0.2) is 36.7 Å². The van der Waals surface area contributed by atoms with Gasteiger partial charge in [0.1, 0.15) is 16.1 Å². The second-order valence-corrected chi connectivity index (χ2v) is 11.4. The summed E-state index contributed by atoms with van der Waals surface area (Å²) in [5, 5.41) is 15.0. The van der Waals surface area contributed by atoms with Crippen LogP contribution in [0.5, 0.6) is 0 Å². The van der Waals surface area contributed by atoms with Crippen LogP contribution in [0.2, 0.25) is 5.15 Å². The van der Waals surface area contributed by atoms with E-state index >= 15 is 0 Å². The number of nitrogens with one attached hydrogen (secondary N) is 2. The maximum absolute atomic E-state index is 13.4. The highest BCUT2D eigenvalue weighted by Crippen LogP contribution is 2.36. The molecule has 0 aliphatic carbocycles. The molecule has 3 aliphatic heterocycles. The molecule has 0 unspecified atom stereocenters. The van der Waals surface area contributed by atoms with E-state index in [2.05, 4.69) is 20.7 Å². The van der Waals surface area contributed by atoms with E-state index in [4.69, 9.17) is 16.3 Å². The van der Waals surface area contributed by atoms with Gasteiger partial charge >= 0.3 is 0 Å². The number of anilines is 1. The van der Waals surface area contributed by atoms with Gasteiger partial charge in [-0.1, -0.05) is 54.1 Å². The van der Waals surface area contributed by atoms with Gasteiger partial charge in [-0.2, -0.15) is 5.10 Å². The summed E-state index contributed by atoms with van der Waals surface area (Å²) in [5.74, 6) is -1.55. The van der Waals surface area contributed by atoms with Gasteiger partial charge in [-0.25, -0.2) is 9.99 Å². The molecular formula is C26H28ClN7O4S. The van der Waals surface area contributed by atoms with Crippen molar-refractivity contribution in [1.82, 2.24) is 30.1 Å². The number of benzene rings is 1. The highest BCUT2D eigenvalue weighted by molar-refractivity contribution is 7.19. The zero-order valence-electron chi connectivity index (χ0n) is 21.3. The van der Waals surface area contributed by atoms with Crippen molar-refractivity contribution in [3.63, 3.8) is 0 Å². The molecule has 204 valence electrons. The van der Waals surface area contributed by atoms with Gasteiger partial charge in [0.05, 0.1) is 25.5 Å². The number of carbonyl (C=O) groups excluding carboxylic acids is 3. The summed E-state index contributed by atoms with van der Waals surface area (Å²) in [4.78, 5) is 43.8. The second-order valence-electron chi connectivity index (χ2n) is 10.0. The molecule has 6 rings (SSSR count). The molecule has 2 aromatic heterocycles. The number of hydrazine groups is 1. The average molecular weight is 570 g/mol. The van der Waals surface area contributed by atoms with Gasteiger partial charge in [-0.15, -0.1) is 0 Å². The lowest BCUT2D eigenvalue weighted by Crippen LogP contribution is -2.46. The van der Waals surface area contributed by atoms with E-state index in [0.717, 1.165) is 29.7 Å². The molecule has 0 bridgehead atoms. The normalized spacial score (nSPS) is 20.1. The summed E-state index contributed by atoms with van der Waals surface area (Å²) in [6.45, 7) is 4.99. The zero-order chi connectivity index (χ0) is 27.1. The van der Waals surface area contributed by atoms with Crippen molar-refractivity contribution in [3.8, 4) is 10.6 Å². The largest absolute Gasteiger partial charge is 0.377 e. The van der Waals surface area contributed by atoms with Gasteiger partial charge in [-0.3, -0.25) is 24.1 Å². The van der Waals surface area contributed by atoms with Crippen LogP contribution in [0.25, 0.3) is 10.6 Å². The molecule has 2 fully saturated rings. The molecule has 3 aromatic rings. The molecule has 0 spiro atoms. The third-order valence-corrected chi connectivity index (χ3v) is 8.66. The van der Waals surface area contributed by atoms with Gasteiger partial charge in [0.2, 0.25) is 11.8 Å². The van der Waals surface area contributed by atoms with Crippen LogP contribution in [0.3, 0.4) is 0 Å². The Morgan fingerprint density at radius 1 is 1.26 bits per heavy atom. The standard InChI is InChI=1S/C26H28ClN7O4S/c1-15(23(36)30-21-19-6-3-2-5-16(19)11-32-7-4-8-34(32)26(21)37)9-20(35)29-25-22(27)31-24(39-25)17-10-28-33(12-17)18-13-38-14-18/h2-3,5-6,10,12,15,18,21H,4,7-9,11,13-14H2,1H3,(H,29,35)(H,30,36)/t15-,21+/m1/s1. The van der Waals surface area contributed by atoms with Gasteiger partial charge in [-0.05, 0) is 17.5 Å². The quantitative estimate of drug-likeness (QED) is 0.448. The Morgan fingerprint density at radius 3 is 2.87 bits per heavy atom. The van der Waals surface area contributed by atoms with Gasteiger partial charge in [0.15, 0.2) is 5.15 Å². The number of hydrogen-bond donors (Lipinski definition) is 2. The zero-order valence-corrected chi connectivity index (χ0v) is 22.9. The van der Waals surface area contributed by atoms with E-state index in [-0.39, 0.29) is 35.3 Å². The molecule has 11 nitrogen and oxygen atoms in total. The van der Waals surface area contributed by atoms with E-state index in [1.165, 1.54) is 11.3 Å². The van der Waals surface area contributed by atoms with E-state index in [1.807, 2.05) is 40.2 Å². The Morgan fingerprint density at radius 2 is 2.08 bits per heavy atom. The van der Waals surface area contributed by atoms with Gasteiger partial charge in [0, 0.05) is 43.7 Å². The van der Waals surface area contributed by atoms with Crippen LogP contribution in [-0.2, 0) is 25.7 Å². The first kappa shape index (κ1) is 25.9. The van der Waals surface area contributed by atoms with Crippen LogP contribution in [0.4, 0.5) is 5.00 Å².